The van der Waals surface area contributed by atoms with E-state index >= 15 is 4.39 Å². The number of aromatic nitrogens is 1. The molecule has 1 saturated carbocycles. The summed E-state index contributed by atoms with van der Waals surface area (Å²) in [6.07, 6.45) is 2.66. The van der Waals surface area contributed by atoms with E-state index in [0.717, 1.165) is 0 Å². The third kappa shape index (κ3) is 5.17. The molecule has 3 aliphatic rings. The average molecular weight is 563 g/mol. The summed E-state index contributed by atoms with van der Waals surface area (Å²) in [6.45, 7) is 5.75. The molecule has 0 spiro atoms. The minimum absolute atomic E-state index is 0.0212. The van der Waals surface area contributed by atoms with Crippen molar-refractivity contribution in [1.29, 1.82) is 0 Å². The highest BCUT2D eigenvalue weighted by atomic mass is 32.2. The molecule has 2 aromatic rings. The molecule has 1 aliphatic carbocycles. The van der Waals surface area contributed by atoms with Crippen LogP contribution in [0.15, 0.2) is 17.0 Å². The predicted octanol–water partition coefficient (Wildman–Crippen LogP) is 2.71. The summed E-state index contributed by atoms with van der Waals surface area (Å²) in [4.78, 5) is 24.4. The minimum Gasteiger partial charge on any atom is -0.461 e. The van der Waals surface area contributed by atoms with Gasteiger partial charge in [-0.15, -0.1) is 0 Å². The first kappa shape index (κ1) is 27.6. The molecule has 3 heterocycles. The SMILES string of the molecule is C[C@H](N)C(=O)O[C@H]1CC[C@H](Nc2cc(-n3c4c(c5c3CC(C)(C)CS5(=O)=O)COC4)cc(F)c2C(N)=O)CC1. The molecule has 5 rings (SSSR count). The lowest BCUT2D eigenvalue weighted by Gasteiger charge is -2.32. The molecule has 1 atom stereocenters. The van der Waals surface area contributed by atoms with Crippen LogP contribution in [0.5, 0.6) is 0 Å². The number of fused-ring (bicyclic) bond motifs is 3. The summed E-state index contributed by atoms with van der Waals surface area (Å²) in [7, 11) is -3.57. The number of carbonyl (C=O) groups excluding carboxylic acids is 2. The molecule has 1 aromatic heterocycles. The van der Waals surface area contributed by atoms with Gasteiger partial charge in [0.1, 0.15) is 18.0 Å². The van der Waals surface area contributed by atoms with E-state index < -0.39 is 39.0 Å². The fourth-order valence-corrected chi connectivity index (χ4v) is 8.44. The van der Waals surface area contributed by atoms with Crippen molar-refractivity contribution >= 4 is 27.4 Å². The number of hydrogen-bond donors (Lipinski definition) is 3. The molecule has 1 amide bonds. The Labute approximate surface area is 227 Å². The van der Waals surface area contributed by atoms with E-state index in [2.05, 4.69) is 5.32 Å². The van der Waals surface area contributed by atoms with Gasteiger partial charge in [-0.2, -0.15) is 0 Å². The first-order valence-corrected chi connectivity index (χ1v) is 14.8. The standard InChI is InChI=1S/C27H35FN4O6S/c1-14(29)26(34)38-17-6-4-15(5-7-17)31-20-9-16(8-19(28)23(20)25(30)33)32-21-10-27(2,3)13-39(35,36)24(21)18-11-37-12-22(18)32/h8-9,14-15,17,31H,4-7,10-13,29H2,1-3H3,(H2,30,33)/t14-,15-,17-/m0/s1. The van der Waals surface area contributed by atoms with Crippen LogP contribution in [0.2, 0.25) is 0 Å². The molecule has 0 saturated heterocycles. The summed E-state index contributed by atoms with van der Waals surface area (Å²) < 4.78 is 55.0. The number of halogens is 1. The van der Waals surface area contributed by atoms with Crippen LogP contribution in [0.4, 0.5) is 10.1 Å². The van der Waals surface area contributed by atoms with Gasteiger partial charge in [0.25, 0.3) is 5.91 Å². The Morgan fingerprint density at radius 1 is 1.18 bits per heavy atom. The van der Waals surface area contributed by atoms with E-state index in [1.54, 1.807) is 17.6 Å². The van der Waals surface area contributed by atoms with Gasteiger partial charge in [-0.3, -0.25) is 9.59 Å². The van der Waals surface area contributed by atoms with Gasteiger partial charge in [0, 0.05) is 17.3 Å². The Kier molecular flexibility index (Phi) is 7.01. The van der Waals surface area contributed by atoms with Gasteiger partial charge < -0.3 is 30.8 Å². The van der Waals surface area contributed by atoms with Crippen LogP contribution in [0, 0.1) is 11.2 Å². The third-order valence-electron chi connectivity index (χ3n) is 7.72. The predicted molar refractivity (Wildman–Crippen MR) is 142 cm³/mol. The van der Waals surface area contributed by atoms with Crippen LogP contribution in [0.3, 0.4) is 0 Å². The van der Waals surface area contributed by atoms with Crippen LogP contribution in [-0.2, 0) is 43.7 Å². The largest absolute Gasteiger partial charge is 0.461 e. The van der Waals surface area contributed by atoms with Gasteiger partial charge in [-0.25, -0.2) is 12.8 Å². The first-order valence-electron chi connectivity index (χ1n) is 13.2. The van der Waals surface area contributed by atoms with Crippen LogP contribution in [0.25, 0.3) is 5.69 Å². The smallest absolute Gasteiger partial charge is 0.322 e. The maximum Gasteiger partial charge on any atom is 0.322 e. The van der Waals surface area contributed by atoms with Crippen LogP contribution in [0.1, 0.15) is 73.8 Å². The van der Waals surface area contributed by atoms with Crippen LogP contribution >= 0.6 is 0 Å². The van der Waals surface area contributed by atoms with Gasteiger partial charge in [-0.1, -0.05) is 13.8 Å². The fourth-order valence-electron chi connectivity index (χ4n) is 6.09. The number of sulfone groups is 1. The topological polar surface area (TPSA) is 156 Å². The average Bonchev–Trinajstić information content (AvgIpc) is 3.38. The van der Waals surface area contributed by atoms with Crippen molar-refractivity contribution in [2.45, 2.75) is 89.2 Å². The number of primary amides is 1. The number of nitrogens with zero attached hydrogens (tertiary/aromatic N) is 1. The highest BCUT2D eigenvalue weighted by Crippen LogP contribution is 2.44. The second-order valence-corrected chi connectivity index (χ2v) is 13.6. The summed E-state index contributed by atoms with van der Waals surface area (Å²) >= 11 is 0. The van der Waals surface area contributed by atoms with Crippen molar-refractivity contribution in [2.24, 2.45) is 16.9 Å². The number of rotatable bonds is 6. The van der Waals surface area contributed by atoms with Crippen molar-refractivity contribution in [3.8, 4) is 5.69 Å². The molecule has 2 aliphatic heterocycles. The first-order chi connectivity index (χ1) is 18.3. The Hall–Kier alpha value is -2.96. The van der Waals surface area contributed by atoms with Gasteiger partial charge in [0.15, 0.2) is 9.84 Å². The molecule has 0 bridgehead atoms. The summed E-state index contributed by atoms with van der Waals surface area (Å²) in [5, 5.41) is 3.28. The summed E-state index contributed by atoms with van der Waals surface area (Å²) in [5.74, 6) is -2.13. The molecule has 0 radical (unpaired) electrons. The van der Waals surface area contributed by atoms with Gasteiger partial charge in [-0.05, 0) is 56.6 Å². The maximum absolute atomic E-state index is 15.5. The van der Waals surface area contributed by atoms with Gasteiger partial charge in [0.2, 0.25) is 0 Å². The van der Waals surface area contributed by atoms with Crippen molar-refractivity contribution in [1.82, 2.24) is 4.57 Å². The number of esters is 1. The number of carbonyl (C=O) groups is 2. The Morgan fingerprint density at radius 3 is 2.51 bits per heavy atom. The highest BCUT2D eigenvalue weighted by molar-refractivity contribution is 7.91. The zero-order chi connectivity index (χ0) is 28.3. The normalized spacial score (nSPS) is 23.9. The zero-order valence-corrected chi connectivity index (χ0v) is 23.2. The van der Waals surface area contributed by atoms with E-state index in [1.165, 1.54) is 6.07 Å². The Bertz CT molecular complexity index is 1440. The minimum atomic E-state index is -3.57. The number of nitrogens with one attached hydrogen (secondary N) is 1. The van der Waals surface area contributed by atoms with Gasteiger partial charge >= 0.3 is 5.97 Å². The van der Waals surface area contributed by atoms with E-state index in [-0.39, 0.29) is 47.3 Å². The maximum atomic E-state index is 15.5. The number of ether oxygens (including phenoxy) is 2. The van der Waals surface area contributed by atoms with Crippen molar-refractivity contribution in [3.63, 3.8) is 0 Å². The van der Waals surface area contributed by atoms with Crippen molar-refractivity contribution < 1.29 is 31.9 Å². The second-order valence-electron chi connectivity index (χ2n) is 11.7. The molecule has 5 N–H and O–H groups in total. The molecule has 1 fully saturated rings. The van der Waals surface area contributed by atoms with E-state index in [1.807, 2.05) is 13.8 Å². The van der Waals surface area contributed by atoms with Gasteiger partial charge in [0.05, 0.1) is 46.5 Å². The number of nitrogens with two attached hydrogens (primary N) is 2. The molecular weight excluding hydrogens is 527 g/mol. The van der Waals surface area contributed by atoms with E-state index in [0.29, 0.717) is 54.7 Å². The Morgan fingerprint density at radius 2 is 1.87 bits per heavy atom. The van der Waals surface area contributed by atoms with Crippen LogP contribution < -0.4 is 16.8 Å². The summed E-state index contributed by atoms with van der Waals surface area (Å²) in [5.41, 5.74) is 12.9. The Balaban J connectivity index is 1.51. The quantitative estimate of drug-likeness (QED) is 0.454. The van der Waals surface area contributed by atoms with E-state index in [9.17, 15) is 18.0 Å². The van der Waals surface area contributed by atoms with Crippen molar-refractivity contribution in [2.75, 3.05) is 11.1 Å². The number of benzene rings is 1. The molecule has 10 nitrogen and oxygen atoms in total. The molecule has 212 valence electrons. The lowest BCUT2D eigenvalue weighted by molar-refractivity contribution is -0.151. The monoisotopic (exact) mass is 562 g/mol. The molecular formula is C27H35FN4O6S. The van der Waals surface area contributed by atoms with Crippen LogP contribution in [-0.4, -0.2) is 48.8 Å². The zero-order valence-electron chi connectivity index (χ0n) is 22.4. The van der Waals surface area contributed by atoms with E-state index in [4.69, 9.17) is 20.9 Å². The lowest BCUT2D eigenvalue weighted by atomic mass is 9.89. The third-order valence-corrected chi connectivity index (χ3v) is 9.98. The fraction of sp³-hybridized carbons (Fsp3) is 0.556. The molecule has 1 aromatic carbocycles. The lowest BCUT2D eigenvalue weighted by Crippen LogP contribution is -2.36. The second kappa shape index (κ2) is 9.90. The highest BCUT2D eigenvalue weighted by Gasteiger charge is 2.43. The number of hydrogen-bond acceptors (Lipinski definition) is 8. The van der Waals surface area contributed by atoms with Crippen molar-refractivity contribution in [3.05, 3.63) is 40.5 Å². The summed E-state index contributed by atoms with van der Waals surface area (Å²) in [6, 6.07) is 2.06. The number of anilines is 1. The molecule has 39 heavy (non-hydrogen) atoms. The number of amides is 1. The molecule has 0 unspecified atom stereocenters. The molecule has 12 heteroatoms.